The summed E-state index contributed by atoms with van der Waals surface area (Å²) in [5.74, 6) is -2.21. The van der Waals surface area contributed by atoms with E-state index in [1.165, 1.54) is 0 Å². The summed E-state index contributed by atoms with van der Waals surface area (Å²) in [5, 5.41) is 13.8. The van der Waals surface area contributed by atoms with Gasteiger partial charge in [-0.05, 0) is 20.4 Å². The van der Waals surface area contributed by atoms with Gasteiger partial charge in [-0.25, -0.2) is 4.79 Å². The number of likely N-dealkylation sites (N-methyl/N-ethyl adjacent to an activating group) is 1. The summed E-state index contributed by atoms with van der Waals surface area (Å²) in [7, 11) is 1.59. The third-order valence-electron chi connectivity index (χ3n) is 2.12. The maximum absolute atomic E-state index is 11.4. The van der Waals surface area contributed by atoms with Crippen molar-refractivity contribution in [2.45, 2.75) is 31.8 Å². The Labute approximate surface area is 93.4 Å². The Morgan fingerprint density at radius 1 is 1.38 bits per heavy atom. The molecular weight excluding hydrogens is 214 g/mol. The topological polar surface area (TPSA) is 122 Å². The van der Waals surface area contributed by atoms with Gasteiger partial charge < -0.3 is 21.5 Å². The third-order valence-corrected chi connectivity index (χ3v) is 2.12. The van der Waals surface area contributed by atoms with Crippen LogP contribution < -0.4 is 16.4 Å². The van der Waals surface area contributed by atoms with E-state index in [-0.39, 0.29) is 12.8 Å². The molecule has 0 saturated heterocycles. The van der Waals surface area contributed by atoms with Gasteiger partial charge in [-0.15, -0.1) is 0 Å². The first kappa shape index (κ1) is 14.4. The highest BCUT2D eigenvalue weighted by atomic mass is 16.4. The lowest BCUT2D eigenvalue weighted by Gasteiger charge is -2.16. The van der Waals surface area contributed by atoms with Crippen LogP contribution in [0.3, 0.4) is 0 Å². The van der Waals surface area contributed by atoms with E-state index in [1.807, 2.05) is 0 Å². The molecule has 0 fully saturated rings. The van der Waals surface area contributed by atoms with Crippen LogP contribution in [0.5, 0.6) is 0 Å². The molecule has 0 heterocycles. The van der Waals surface area contributed by atoms with Crippen molar-refractivity contribution in [2.24, 2.45) is 5.73 Å². The fourth-order valence-electron chi connectivity index (χ4n) is 0.972. The lowest BCUT2D eigenvalue weighted by Crippen LogP contribution is -2.48. The number of nitrogens with one attached hydrogen (secondary N) is 2. The van der Waals surface area contributed by atoms with Gasteiger partial charge in [0.15, 0.2) is 0 Å². The quantitative estimate of drug-likeness (QED) is 0.421. The molecule has 0 radical (unpaired) electrons. The second-order valence-corrected chi connectivity index (χ2v) is 3.41. The van der Waals surface area contributed by atoms with Gasteiger partial charge in [-0.3, -0.25) is 9.59 Å². The Morgan fingerprint density at radius 3 is 2.31 bits per heavy atom. The smallest absolute Gasteiger partial charge is 0.326 e. The van der Waals surface area contributed by atoms with Gasteiger partial charge in [0.05, 0.1) is 6.04 Å². The van der Waals surface area contributed by atoms with Crippen molar-refractivity contribution in [1.29, 1.82) is 0 Å². The Balaban J connectivity index is 4.28. The number of primary amides is 1. The molecule has 0 aliphatic carbocycles. The first-order valence-corrected chi connectivity index (χ1v) is 4.87. The van der Waals surface area contributed by atoms with E-state index in [2.05, 4.69) is 10.6 Å². The molecule has 0 spiro atoms. The number of aliphatic carboxylic acids is 1. The summed E-state index contributed by atoms with van der Waals surface area (Å²) in [4.78, 5) is 32.7. The molecule has 7 nitrogen and oxygen atoms in total. The van der Waals surface area contributed by atoms with Crippen molar-refractivity contribution in [3.05, 3.63) is 0 Å². The summed E-state index contributed by atoms with van der Waals surface area (Å²) >= 11 is 0. The fraction of sp³-hybridized carbons (Fsp3) is 0.667. The summed E-state index contributed by atoms with van der Waals surface area (Å²) in [6.07, 6.45) is -0.0853. The van der Waals surface area contributed by atoms with E-state index < -0.39 is 29.9 Å². The molecule has 7 heteroatoms. The maximum Gasteiger partial charge on any atom is 0.326 e. The van der Waals surface area contributed by atoms with Gasteiger partial charge in [-0.2, -0.15) is 0 Å². The zero-order chi connectivity index (χ0) is 12.7. The lowest BCUT2D eigenvalue weighted by atomic mass is 10.1. The van der Waals surface area contributed by atoms with E-state index in [9.17, 15) is 14.4 Å². The summed E-state index contributed by atoms with van der Waals surface area (Å²) in [6, 6.07) is -1.58. The zero-order valence-corrected chi connectivity index (χ0v) is 9.32. The average Bonchev–Trinajstić information content (AvgIpc) is 2.21. The van der Waals surface area contributed by atoms with E-state index in [1.54, 1.807) is 14.0 Å². The number of hydrogen-bond donors (Lipinski definition) is 4. The van der Waals surface area contributed by atoms with Crippen molar-refractivity contribution in [3.63, 3.8) is 0 Å². The third kappa shape index (κ3) is 5.30. The van der Waals surface area contributed by atoms with Crippen LogP contribution in [0.4, 0.5) is 0 Å². The van der Waals surface area contributed by atoms with Gasteiger partial charge >= 0.3 is 5.97 Å². The molecule has 0 aromatic rings. The van der Waals surface area contributed by atoms with Crippen LogP contribution in [0.25, 0.3) is 0 Å². The van der Waals surface area contributed by atoms with Gasteiger partial charge in [0.2, 0.25) is 11.8 Å². The molecule has 2 atom stereocenters. The molecule has 0 unspecified atom stereocenters. The number of carboxylic acid groups (broad SMARTS) is 1. The van der Waals surface area contributed by atoms with Crippen LogP contribution in [0.15, 0.2) is 0 Å². The van der Waals surface area contributed by atoms with Crippen LogP contribution in [-0.4, -0.2) is 42.0 Å². The molecule has 0 aromatic carbocycles. The second-order valence-electron chi connectivity index (χ2n) is 3.41. The van der Waals surface area contributed by atoms with Gasteiger partial charge in [-0.1, -0.05) is 0 Å². The number of rotatable bonds is 7. The molecule has 92 valence electrons. The maximum atomic E-state index is 11.4. The highest BCUT2D eigenvalue weighted by Crippen LogP contribution is 1.98. The van der Waals surface area contributed by atoms with E-state index in [0.29, 0.717) is 0 Å². The van der Waals surface area contributed by atoms with Gasteiger partial charge in [0, 0.05) is 6.42 Å². The largest absolute Gasteiger partial charge is 0.480 e. The predicted molar refractivity (Wildman–Crippen MR) is 56.5 cm³/mol. The molecular formula is C9H17N3O4. The number of carbonyl (C=O) groups excluding carboxylic acids is 2. The molecule has 2 amide bonds. The molecule has 0 aliphatic rings. The standard InChI is InChI=1S/C9H17N3O4/c1-5(11-2)8(14)12-6(9(15)16)3-4-7(10)13/h5-6,11H,3-4H2,1-2H3,(H2,10,13)(H,12,14)(H,15,16)/t5-,6-/m0/s1. The minimum atomic E-state index is -1.18. The van der Waals surface area contributed by atoms with Crippen LogP contribution in [0, 0.1) is 0 Å². The van der Waals surface area contributed by atoms with Crippen molar-refractivity contribution in [1.82, 2.24) is 10.6 Å². The van der Waals surface area contributed by atoms with Crippen molar-refractivity contribution < 1.29 is 19.5 Å². The highest BCUT2D eigenvalue weighted by Gasteiger charge is 2.22. The van der Waals surface area contributed by atoms with Crippen molar-refractivity contribution in [3.8, 4) is 0 Å². The Kier molecular flexibility index (Phi) is 6.09. The Hall–Kier alpha value is -1.63. The van der Waals surface area contributed by atoms with Crippen molar-refractivity contribution in [2.75, 3.05) is 7.05 Å². The predicted octanol–water partition coefficient (Wildman–Crippen LogP) is -1.57. The van der Waals surface area contributed by atoms with Crippen LogP contribution in [0.2, 0.25) is 0 Å². The van der Waals surface area contributed by atoms with Gasteiger partial charge in [0.25, 0.3) is 0 Å². The van der Waals surface area contributed by atoms with Crippen LogP contribution in [-0.2, 0) is 14.4 Å². The zero-order valence-electron chi connectivity index (χ0n) is 9.32. The minimum Gasteiger partial charge on any atom is -0.480 e. The average molecular weight is 231 g/mol. The minimum absolute atomic E-state index is 0.00710. The summed E-state index contributed by atoms with van der Waals surface area (Å²) in [6.45, 7) is 1.60. The molecule has 0 saturated carbocycles. The SMILES string of the molecule is CN[C@@H](C)C(=O)N[C@@H](CCC(N)=O)C(=O)O. The second kappa shape index (κ2) is 6.78. The lowest BCUT2D eigenvalue weighted by molar-refractivity contribution is -0.142. The number of hydrogen-bond acceptors (Lipinski definition) is 4. The first-order valence-electron chi connectivity index (χ1n) is 4.87. The molecule has 0 aromatic heterocycles. The van der Waals surface area contributed by atoms with Crippen LogP contribution in [0.1, 0.15) is 19.8 Å². The van der Waals surface area contributed by atoms with Gasteiger partial charge in [0.1, 0.15) is 6.04 Å². The molecule has 0 bridgehead atoms. The molecule has 0 rings (SSSR count). The van der Waals surface area contributed by atoms with E-state index >= 15 is 0 Å². The number of carbonyl (C=O) groups is 3. The first-order chi connectivity index (χ1) is 7.38. The number of amides is 2. The molecule has 5 N–H and O–H groups in total. The number of carboxylic acids is 1. The van der Waals surface area contributed by atoms with E-state index in [0.717, 1.165) is 0 Å². The fourth-order valence-corrected chi connectivity index (χ4v) is 0.972. The van der Waals surface area contributed by atoms with E-state index in [4.69, 9.17) is 10.8 Å². The summed E-state index contributed by atoms with van der Waals surface area (Å²) in [5.41, 5.74) is 4.90. The monoisotopic (exact) mass is 231 g/mol. The molecule has 0 aliphatic heterocycles. The molecule has 16 heavy (non-hydrogen) atoms. The normalized spacial score (nSPS) is 13.9. The Bertz CT molecular complexity index is 280. The Morgan fingerprint density at radius 2 is 1.94 bits per heavy atom. The number of nitrogens with two attached hydrogens (primary N) is 1. The van der Waals surface area contributed by atoms with Crippen molar-refractivity contribution >= 4 is 17.8 Å². The highest BCUT2D eigenvalue weighted by molar-refractivity contribution is 5.87. The summed E-state index contributed by atoms with van der Waals surface area (Å²) < 4.78 is 0. The van der Waals surface area contributed by atoms with Crippen LogP contribution >= 0.6 is 0 Å².